The first-order valence-electron chi connectivity index (χ1n) is 5.18. The van der Waals surface area contributed by atoms with E-state index in [1.54, 1.807) is 0 Å². The fraction of sp³-hybridized carbons (Fsp3) is 0.333. The van der Waals surface area contributed by atoms with Gasteiger partial charge in [0.15, 0.2) is 0 Å². The Morgan fingerprint density at radius 2 is 1.80 bits per heavy atom. The van der Waals surface area contributed by atoms with Crippen molar-refractivity contribution in [3.05, 3.63) is 41.4 Å². The number of hydrogen-bond donors (Lipinski definition) is 1. The lowest BCUT2D eigenvalue weighted by molar-refractivity contribution is 0.341. The van der Waals surface area contributed by atoms with Gasteiger partial charge in [0.2, 0.25) is 0 Å². The van der Waals surface area contributed by atoms with Crippen LogP contribution in [-0.4, -0.2) is 31.1 Å². The van der Waals surface area contributed by atoms with Gasteiger partial charge in [0, 0.05) is 36.9 Å². The fourth-order valence-corrected chi connectivity index (χ4v) is 1.89. The molecule has 1 heterocycles. The Balaban J connectivity index is 2.09. The summed E-state index contributed by atoms with van der Waals surface area (Å²) in [6.45, 7) is 8.26. The Bertz CT molecular complexity index is 339. The maximum atomic E-state index is 5.85. The molecule has 1 saturated heterocycles. The molecule has 0 aliphatic carbocycles. The molecule has 15 heavy (non-hydrogen) atoms. The first-order valence-corrected chi connectivity index (χ1v) is 5.56. The minimum atomic E-state index is 0.770. The zero-order valence-electron chi connectivity index (χ0n) is 8.67. The minimum Gasteiger partial charge on any atom is -0.369 e. The van der Waals surface area contributed by atoms with Crippen molar-refractivity contribution >= 4 is 17.3 Å². The van der Waals surface area contributed by atoms with Crippen LogP contribution in [0.4, 0.5) is 0 Å². The number of benzene rings is 1. The van der Waals surface area contributed by atoms with Gasteiger partial charge in [0.05, 0.1) is 0 Å². The van der Waals surface area contributed by atoms with Crippen LogP contribution in [0.5, 0.6) is 0 Å². The highest BCUT2D eigenvalue weighted by molar-refractivity contribution is 6.30. The van der Waals surface area contributed by atoms with Crippen molar-refractivity contribution in [3.8, 4) is 0 Å². The molecular weight excluding hydrogens is 208 g/mol. The number of rotatable bonds is 2. The fourth-order valence-electron chi connectivity index (χ4n) is 1.76. The van der Waals surface area contributed by atoms with Crippen LogP contribution in [0.25, 0.3) is 5.70 Å². The van der Waals surface area contributed by atoms with E-state index in [0.717, 1.165) is 42.5 Å². The van der Waals surface area contributed by atoms with Crippen molar-refractivity contribution in [3.63, 3.8) is 0 Å². The Morgan fingerprint density at radius 3 is 2.40 bits per heavy atom. The predicted molar refractivity (Wildman–Crippen MR) is 64.9 cm³/mol. The topological polar surface area (TPSA) is 15.3 Å². The molecule has 1 fully saturated rings. The van der Waals surface area contributed by atoms with Crippen LogP contribution in [0.3, 0.4) is 0 Å². The highest BCUT2D eigenvalue weighted by Gasteiger charge is 2.12. The molecule has 0 radical (unpaired) electrons. The maximum absolute atomic E-state index is 5.85. The normalized spacial score (nSPS) is 16.5. The Labute approximate surface area is 95.5 Å². The quantitative estimate of drug-likeness (QED) is 0.826. The summed E-state index contributed by atoms with van der Waals surface area (Å²) in [5.74, 6) is 0. The summed E-state index contributed by atoms with van der Waals surface area (Å²) in [5.41, 5.74) is 2.24. The monoisotopic (exact) mass is 222 g/mol. The van der Waals surface area contributed by atoms with E-state index in [1.807, 2.05) is 24.3 Å². The summed E-state index contributed by atoms with van der Waals surface area (Å²) in [6, 6.07) is 7.86. The summed E-state index contributed by atoms with van der Waals surface area (Å²) >= 11 is 5.85. The van der Waals surface area contributed by atoms with Gasteiger partial charge in [-0.3, -0.25) is 0 Å². The van der Waals surface area contributed by atoms with Gasteiger partial charge in [-0.15, -0.1) is 0 Å². The summed E-state index contributed by atoms with van der Waals surface area (Å²) < 4.78 is 0. The van der Waals surface area contributed by atoms with E-state index in [2.05, 4.69) is 16.8 Å². The average molecular weight is 223 g/mol. The van der Waals surface area contributed by atoms with E-state index in [0.29, 0.717) is 0 Å². The zero-order chi connectivity index (χ0) is 10.7. The van der Waals surface area contributed by atoms with Crippen molar-refractivity contribution in [2.45, 2.75) is 0 Å². The first-order chi connectivity index (χ1) is 7.27. The molecule has 0 atom stereocenters. The number of halogens is 1. The molecule has 1 aromatic carbocycles. The standard InChI is InChI=1S/C12H15ClN2/c1-10(15-8-6-14-7-9-15)11-2-4-12(13)5-3-11/h2-5,14H,1,6-9H2. The minimum absolute atomic E-state index is 0.770. The molecule has 0 aromatic heterocycles. The molecule has 1 aliphatic heterocycles. The van der Waals surface area contributed by atoms with Crippen LogP contribution in [0.2, 0.25) is 5.02 Å². The molecular formula is C12H15ClN2. The number of nitrogens with zero attached hydrogens (tertiary/aromatic N) is 1. The van der Waals surface area contributed by atoms with Gasteiger partial charge in [0.25, 0.3) is 0 Å². The number of piperazine rings is 1. The highest BCUT2D eigenvalue weighted by Crippen LogP contribution is 2.19. The Morgan fingerprint density at radius 1 is 1.20 bits per heavy atom. The van der Waals surface area contributed by atoms with Crippen LogP contribution in [0.15, 0.2) is 30.8 Å². The van der Waals surface area contributed by atoms with Crippen LogP contribution in [0.1, 0.15) is 5.56 Å². The highest BCUT2D eigenvalue weighted by atomic mass is 35.5. The van der Waals surface area contributed by atoms with Gasteiger partial charge in [-0.25, -0.2) is 0 Å². The van der Waals surface area contributed by atoms with Gasteiger partial charge in [-0.1, -0.05) is 30.3 Å². The number of hydrogen-bond acceptors (Lipinski definition) is 2. The third-order valence-corrected chi connectivity index (χ3v) is 2.93. The van der Waals surface area contributed by atoms with E-state index in [1.165, 1.54) is 0 Å². The first kappa shape index (κ1) is 10.5. The average Bonchev–Trinajstić information content (AvgIpc) is 2.30. The lowest BCUT2D eigenvalue weighted by Crippen LogP contribution is -2.42. The molecule has 2 rings (SSSR count). The lowest BCUT2D eigenvalue weighted by atomic mass is 10.1. The second kappa shape index (κ2) is 4.69. The van der Waals surface area contributed by atoms with Crippen LogP contribution in [0, 0.1) is 0 Å². The predicted octanol–water partition coefficient (Wildman–Crippen LogP) is 2.22. The van der Waals surface area contributed by atoms with E-state index in [9.17, 15) is 0 Å². The molecule has 0 spiro atoms. The van der Waals surface area contributed by atoms with Gasteiger partial charge in [0.1, 0.15) is 0 Å². The van der Waals surface area contributed by atoms with Crippen molar-refractivity contribution in [1.29, 1.82) is 0 Å². The molecule has 2 nitrogen and oxygen atoms in total. The molecule has 1 N–H and O–H groups in total. The molecule has 0 bridgehead atoms. The smallest absolute Gasteiger partial charge is 0.0406 e. The van der Waals surface area contributed by atoms with E-state index in [-0.39, 0.29) is 0 Å². The van der Waals surface area contributed by atoms with Gasteiger partial charge in [-0.2, -0.15) is 0 Å². The molecule has 1 aromatic rings. The van der Waals surface area contributed by atoms with Gasteiger partial charge < -0.3 is 10.2 Å². The lowest BCUT2D eigenvalue weighted by Gasteiger charge is -2.31. The van der Waals surface area contributed by atoms with E-state index < -0.39 is 0 Å². The summed E-state index contributed by atoms with van der Waals surface area (Å²) in [6.07, 6.45) is 0. The molecule has 1 aliphatic rings. The van der Waals surface area contributed by atoms with Crippen molar-refractivity contribution in [2.24, 2.45) is 0 Å². The second-order valence-corrected chi connectivity index (χ2v) is 4.13. The molecule has 0 saturated carbocycles. The van der Waals surface area contributed by atoms with E-state index in [4.69, 9.17) is 11.6 Å². The van der Waals surface area contributed by atoms with Crippen LogP contribution >= 0.6 is 11.6 Å². The third kappa shape index (κ3) is 2.52. The van der Waals surface area contributed by atoms with Crippen molar-refractivity contribution in [1.82, 2.24) is 10.2 Å². The van der Waals surface area contributed by atoms with Crippen LogP contribution in [-0.2, 0) is 0 Å². The molecule has 0 amide bonds. The SMILES string of the molecule is C=C(c1ccc(Cl)cc1)N1CCNCC1. The van der Waals surface area contributed by atoms with Crippen molar-refractivity contribution < 1.29 is 0 Å². The summed E-state index contributed by atoms with van der Waals surface area (Å²) in [7, 11) is 0. The number of nitrogens with one attached hydrogen (secondary N) is 1. The Kier molecular flexibility index (Phi) is 3.29. The second-order valence-electron chi connectivity index (χ2n) is 3.69. The molecule has 80 valence electrons. The third-order valence-electron chi connectivity index (χ3n) is 2.68. The Hall–Kier alpha value is -0.990. The largest absolute Gasteiger partial charge is 0.369 e. The van der Waals surface area contributed by atoms with Gasteiger partial charge >= 0.3 is 0 Å². The molecule has 3 heteroatoms. The van der Waals surface area contributed by atoms with Crippen molar-refractivity contribution in [2.75, 3.05) is 26.2 Å². The van der Waals surface area contributed by atoms with Crippen LogP contribution < -0.4 is 5.32 Å². The van der Waals surface area contributed by atoms with E-state index >= 15 is 0 Å². The summed E-state index contributed by atoms with van der Waals surface area (Å²) in [4.78, 5) is 2.31. The van der Waals surface area contributed by atoms with Gasteiger partial charge in [-0.05, 0) is 17.7 Å². The summed E-state index contributed by atoms with van der Waals surface area (Å²) in [5, 5.41) is 4.10. The maximum Gasteiger partial charge on any atom is 0.0406 e. The zero-order valence-corrected chi connectivity index (χ0v) is 9.43. The molecule has 0 unspecified atom stereocenters.